The maximum atomic E-state index is 13.2. The molecule has 6 atom stereocenters. The average Bonchev–Trinajstić information content (AvgIpc) is 3.42. The van der Waals surface area contributed by atoms with Gasteiger partial charge in [0, 0.05) is 19.3 Å². The van der Waals surface area contributed by atoms with Gasteiger partial charge < -0.3 is 39.0 Å². The van der Waals surface area contributed by atoms with Crippen molar-refractivity contribution >= 4 is 23.9 Å². The van der Waals surface area contributed by atoms with E-state index in [0.29, 0.717) is 19.3 Å². The molecule has 0 bridgehead atoms. The molecule has 1 saturated heterocycles. The van der Waals surface area contributed by atoms with Crippen LogP contribution in [-0.4, -0.2) is 89.2 Å². The third-order valence-corrected chi connectivity index (χ3v) is 14.4. The second kappa shape index (κ2) is 53.3. The molecule has 1 rings (SSSR count). The summed E-state index contributed by atoms with van der Waals surface area (Å²) < 4.78 is 28.5. The average molecular weight is 1090 g/mol. The van der Waals surface area contributed by atoms with E-state index in [-0.39, 0.29) is 25.9 Å². The van der Waals surface area contributed by atoms with Crippen LogP contribution in [0, 0.1) is 0 Å². The second-order valence-corrected chi connectivity index (χ2v) is 21.7. The Bertz CT molecular complexity index is 1520. The van der Waals surface area contributed by atoms with Crippen molar-refractivity contribution in [2.75, 3.05) is 13.2 Å². The lowest BCUT2D eigenvalue weighted by atomic mass is 9.98. The van der Waals surface area contributed by atoms with E-state index in [0.717, 1.165) is 109 Å². The molecule has 0 radical (unpaired) electrons. The zero-order valence-electron chi connectivity index (χ0n) is 49.2. The number of carbonyl (C=O) groups is 4. The molecule has 446 valence electrons. The second-order valence-electron chi connectivity index (χ2n) is 21.7. The number of aliphatic hydroxyl groups excluding tert-OH is 2. The van der Waals surface area contributed by atoms with Gasteiger partial charge in [-0.05, 0) is 83.5 Å². The highest BCUT2D eigenvalue weighted by Gasteiger charge is 2.50. The van der Waals surface area contributed by atoms with E-state index in [4.69, 9.17) is 23.7 Å². The number of ether oxygens (including phenoxy) is 5. The van der Waals surface area contributed by atoms with Gasteiger partial charge in [-0.25, -0.2) is 4.79 Å². The van der Waals surface area contributed by atoms with Crippen LogP contribution < -0.4 is 0 Å². The van der Waals surface area contributed by atoms with E-state index in [1.54, 1.807) is 0 Å². The van der Waals surface area contributed by atoms with Crippen molar-refractivity contribution in [3.05, 3.63) is 48.6 Å². The fourth-order valence-electron chi connectivity index (χ4n) is 9.49. The highest BCUT2D eigenvalue weighted by Crippen LogP contribution is 2.27. The van der Waals surface area contributed by atoms with Crippen LogP contribution in [0.25, 0.3) is 0 Å². The molecular weight excluding hydrogens is 973 g/mol. The normalized spacial score (nSPS) is 18.3. The largest absolute Gasteiger partial charge is 0.479 e. The quantitative estimate of drug-likeness (QED) is 0.0228. The third kappa shape index (κ3) is 43.2. The van der Waals surface area contributed by atoms with Crippen molar-refractivity contribution in [1.82, 2.24) is 0 Å². The van der Waals surface area contributed by atoms with Gasteiger partial charge in [0.25, 0.3) is 0 Å². The number of carbonyl (C=O) groups excluding carboxylic acids is 3. The van der Waals surface area contributed by atoms with E-state index in [1.807, 2.05) is 0 Å². The molecule has 3 N–H and O–H groups in total. The van der Waals surface area contributed by atoms with Gasteiger partial charge in [0.2, 0.25) is 0 Å². The van der Waals surface area contributed by atoms with Crippen molar-refractivity contribution in [2.45, 2.75) is 327 Å². The van der Waals surface area contributed by atoms with Crippen molar-refractivity contribution < 1.29 is 58.2 Å². The van der Waals surface area contributed by atoms with Crippen LogP contribution in [0.3, 0.4) is 0 Å². The Morgan fingerprint density at radius 3 is 1.19 bits per heavy atom. The summed E-state index contributed by atoms with van der Waals surface area (Å²) in [5, 5.41) is 31.5. The van der Waals surface area contributed by atoms with Crippen LogP contribution in [0.5, 0.6) is 0 Å². The van der Waals surface area contributed by atoms with Gasteiger partial charge in [0.05, 0.1) is 6.61 Å². The summed E-state index contributed by atoms with van der Waals surface area (Å²) in [6.07, 6.45) is 52.1. The third-order valence-electron chi connectivity index (χ3n) is 14.4. The zero-order chi connectivity index (χ0) is 56.1. The Balaban J connectivity index is 2.68. The summed E-state index contributed by atoms with van der Waals surface area (Å²) in [5.74, 6) is -3.12. The predicted octanol–water partition coefficient (Wildman–Crippen LogP) is 16.6. The van der Waals surface area contributed by atoms with Gasteiger partial charge in [0.1, 0.15) is 18.8 Å². The number of carboxylic acid groups (broad SMARTS) is 1. The molecule has 0 saturated carbocycles. The molecule has 1 fully saturated rings. The number of hydrogen-bond donors (Lipinski definition) is 3. The summed E-state index contributed by atoms with van der Waals surface area (Å²) in [5.41, 5.74) is 0. The van der Waals surface area contributed by atoms with Crippen molar-refractivity contribution in [2.24, 2.45) is 0 Å². The van der Waals surface area contributed by atoms with Crippen LogP contribution >= 0.6 is 0 Å². The lowest BCUT2D eigenvalue weighted by molar-refractivity contribution is -0.301. The Morgan fingerprint density at radius 2 is 0.779 bits per heavy atom. The Morgan fingerprint density at radius 1 is 0.429 bits per heavy atom. The number of carboxylic acids is 1. The zero-order valence-corrected chi connectivity index (χ0v) is 49.2. The maximum Gasteiger partial charge on any atom is 0.335 e. The number of allylic oxidation sites excluding steroid dienone is 8. The molecule has 1 aliphatic rings. The van der Waals surface area contributed by atoms with Gasteiger partial charge in [-0.15, -0.1) is 0 Å². The first-order valence-corrected chi connectivity index (χ1v) is 31.6. The SMILES string of the molecule is CCCCC/C=C\C/C=C\CCCCCCCCCC(=O)OCC(COC1OC(C(=O)O)C(O)C(O)C1OC(=O)CCCCCCCCCCCCCCCCC)OC(=O)CCCCCCC/C=C\C/C=C\CCCCC. The number of esters is 3. The van der Waals surface area contributed by atoms with E-state index in [9.17, 15) is 34.5 Å². The first-order chi connectivity index (χ1) is 37.6. The Kier molecular flexibility index (Phi) is 49.7. The first-order valence-electron chi connectivity index (χ1n) is 31.6. The Hall–Kier alpha value is -3.32. The number of unbranched alkanes of at least 4 members (excludes halogenated alkanes) is 32. The fourth-order valence-corrected chi connectivity index (χ4v) is 9.49. The van der Waals surface area contributed by atoms with Crippen LogP contribution in [0.15, 0.2) is 48.6 Å². The van der Waals surface area contributed by atoms with Gasteiger partial charge >= 0.3 is 23.9 Å². The number of rotatable bonds is 54. The molecule has 77 heavy (non-hydrogen) atoms. The monoisotopic (exact) mass is 1090 g/mol. The minimum absolute atomic E-state index is 0.0621. The lowest BCUT2D eigenvalue weighted by Crippen LogP contribution is -2.61. The molecule has 1 heterocycles. The molecule has 1 aliphatic heterocycles. The van der Waals surface area contributed by atoms with Crippen LogP contribution in [0.4, 0.5) is 0 Å². The molecule has 12 heteroatoms. The van der Waals surface area contributed by atoms with E-state index in [1.165, 1.54) is 122 Å². The lowest BCUT2D eigenvalue weighted by Gasteiger charge is -2.40. The van der Waals surface area contributed by atoms with Crippen LogP contribution in [-0.2, 0) is 42.9 Å². The summed E-state index contributed by atoms with van der Waals surface area (Å²) >= 11 is 0. The van der Waals surface area contributed by atoms with Gasteiger partial charge in [0.15, 0.2) is 24.6 Å². The van der Waals surface area contributed by atoms with Crippen LogP contribution in [0.2, 0.25) is 0 Å². The van der Waals surface area contributed by atoms with E-state index >= 15 is 0 Å². The highest BCUT2D eigenvalue weighted by molar-refractivity contribution is 5.74. The van der Waals surface area contributed by atoms with Crippen molar-refractivity contribution in [3.63, 3.8) is 0 Å². The Labute approximate surface area is 469 Å². The molecule has 0 aromatic rings. The smallest absolute Gasteiger partial charge is 0.335 e. The van der Waals surface area contributed by atoms with Crippen molar-refractivity contribution in [1.29, 1.82) is 0 Å². The van der Waals surface area contributed by atoms with Gasteiger partial charge in [-0.2, -0.15) is 0 Å². The number of aliphatic carboxylic acids is 1. The fraction of sp³-hybridized carbons (Fsp3) is 0.815. The predicted molar refractivity (Wildman–Crippen MR) is 312 cm³/mol. The molecule has 6 unspecified atom stereocenters. The van der Waals surface area contributed by atoms with Crippen molar-refractivity contribution in [3.8, 4) is 0 Å². The first kappa shape index (κ1) is 71.7. The van der Waals surface area contributed by atoms with E-state index in [2.05, 4.69) is 69.4 Å². The maximum absolute atomic E-state index is 13.2. The number of aliphatic hydroxyl groups is 2. The highest BCUT2D eigenvalue weighted by atomic mass is 16.7. The van der Waals surface area contributed by atoms with Gasteiger partial charge in [-0.3, -0.25) is 14.4 Å². The molecule has 0 aromatic heterocycles. The summed E-state index contributed by atoms with van der Waals surface area (Å²) in [4.78, 5) is 51.2. The van der Waals surface area contributed by atoms with Gasteiger partial charge in [-0.1, -0.05) is 236 Å². The molecule has 0 amide bonds. The topological polar surface area (TPSA) is 175 Å². The summed E-state index contributed by atoms with van der Waals surface area (Å²) in [6.45, 7) is 5.95. The van der Waals surface area contributed by atoms with Crippen LogP contribution in [0.1, 0.15) is 290 Å². The van der Waals surface area contributed by atoms with E-state index < -0.39 is 67.3 Å². The summed E-state index contributed by atoms with van der Waals surface area (Å²) in [6, 6.07) is 0. The molecule has 0 spiro atoms. The minimum Gasteiger partial charge on any atom is -0.479 e. The summed E-state index contributed by atoms with van der Waals surface area (Å²) in [7, 11) is 0. The standard InChI is InChI=1S/C65H114O12/c1-4-7-10-13-16-19-22-25-28-29-32-33-36-39-42-45-48-51-57(66)73-54-56(75-58(67)52-49-46-43-40-37-34-30-26-23-20-17-14-11-8-5-2)55-74-65-63(61(70)60(69)62(77-65)64(71)72)76-59(68)53-50-47-44-41-38-35-31-27-24-21-18-15-12-9-6-3/h16-17,19-20,25-26,28,30,56,60-63,65,69-70H,4-15,18,21-24,27,29,31-55H2,1-3H3,(H,71,72)/b19-16-,20-17-,28-25-,30-26-. The number of hydrogen-bond acceptors (Lipinski definition) is 11. The minimum atomic E-state index is -1.90. The molecule has 12 nitrogen and oxygen atoms in total. The molecule has 0 aliphatic carbocycles. The molecule has 0 aromatic carbocycles. The molecular formula is C65H114O12.